The van der Waals surface area contributed by atoms with Gasteiger partial charge in [0.25, 0.3) is 0 Å². The van der Waals surface area contributed by atoms with E-state index >= 15 is 0 Å². The molecular weight excluding hydrogens is 270 g/mol. The number of hydrogen-bond acceptors (Lipinski definition) is 4. The summed E-state index contributed by atoms with van der Waals surface area (Å²) < 4.78 is 1.60. The van der Waals surface area contributed by atoms with E-state index in [0.717, 1.165) is 11.4 Å². The number of aliphatic hydroxyl groups excluding tert-OH is 1. The van der Waals surface area contributed by atoms with Crippen molar-refractivity contribution in [2.75, 3.05) is 13.1 Å². The fourth-order valence-corrected chi connectivity index (χ4v) is 2.74. The lowest BCUT2D eigenvalue weighted by molar-refractivity contribution is -0.131. The van der Waals surface area contributed by atoms with Crippen LogP contribution in [0.2, 0.25) is 0 Å². The molecule has 2 atom stereocenters. The number of H-pyrrole nitrogens is 1. The summed E-state index contributed by atoms with van der Waals surface area (Å²) in [4.78, 5) is 13.9. The summed E-state index contributed by atoms with van der Waals surface area (Å²) in [6.45, 7) is 3.11. The molecule has 1 saturated heterocycles. The van der Waals surface area contributed by atoms with E-state index < -0.39 is 6.10 Å². The number of carbonyl (C=O) groups excluding carboxylic acids is 1. The highest BCUT2D eigenvalue weighted by molar-refractivity contribution is 5.76. The second kappa shape index (κ2) is 5.69. The number of β-amino-alcohol motifs (C(OH)–C–C–N with tert-alkyl or cyclic N) is 1. The number of amides is 1. The van der Waals surface area contributed by atoms with E-state index in [-0.39, 0.29) is 18.4 Å². The van der Waals surface area contributed by atoms with Crippen molar-refractivity contribution in [1.82, 2.24) is 24.9 Å². The molecule has 0 unspecified atom stereocenters. The van der Waals surface area contributed by atoms with Gasteiger partial charge in [-0.2, -0.15) is 10.2 Å². The Morgan fingerprint density at radius 2 is 2.38 bits per heavy atom. The standard InChI is InChI=1S/C14H19N5O2/c1-10-5-12(17-16-10)6-11-7-18(8-13(11)20)14(21)9-19-4-2-3-15-19/h2-5,11,13,20H,6-9H2,1H3,(H,16,17)/t11-,13-/m1/s1. The molecule has 2 aromatic rings. The van der Waals surface area contributed by atoms with Crippen LogP contribution in [-0.2, 0) is 17.8 Å². The summed E-state index contributed by atoms with van der Waals surface area (Å²) in [6.07, 6.45) is 3.59. The summed E-state index contributed by atoms with van der Waals surface area (Å²) in [7, 11) is 0. The molecule has 21 heavy (non-hydrogen) atoms. The van der Waals surface area contributed by atoms with Crippen molar-refractivity contribution < 1.29 is 9.90 Å². The summed E-state index contributed by atoms with van der Waals surface area (Å²) in [5.41, 5.74) is 1.93. The second-order valence-corrected chi connectivity index (χ2v) is 5.58. The van der Waals surface area contributed by atoms with E-state index in [9.17, 15) is 9.90 Å². The quantitative estimate of drug-likeness (QED) is 0.828. The van der Waals surface area contributed by atoms with Gasteiger partial charge in [-0.05, 0) is 25.5 Å². The lowest BCUT2D eigenvalue weighted by Crippen LogP contribution is -2.32. The third-order valence-corrected chi connectivity index (χ3v) is 3.85. The molecule has 3 heterocycles. The summed E-state index contributed by atoms with van der Waals surface area (Å²) in [6, 6.07) is 3.76. The first-order chi connectivity index (χ1) is 10.1. The number of nitrogens with zero attached hydrogens (tertiary/aromatic N) is 4. The molecule has 3 rings (SSSR count). The van der Waals surface area contributed by atoms with Gasteiger partial charge in [0, 0.05) is 37.1 Å². The molecule has 7 nitrogen and oxygen atoms in total. The number of aliphatic hydroxyl groups is 1. The predicted octanol–water partition coefficient (Wildman–Crippen LogP) is -0.0234. The lowest BCUT2D eigenvalue weighted by Gasteiger charge is -2.15. The van der Waals surface area contributed by atoms with Crippen LogP contribution in [-0.4, -0.2) is 55.1 Å². The molecule has 1 aliphatic heterocycles. The normalized spacial score (nSPS) is 21.9. The van der Waals surface area contributed by atoms with Gasteiger partial charge in [0.2, 0.25) is 5.91 Å². The summed E-state index contributed by atoms with van der Waals surface area (Å²) >= 11 is 0. The topological polar surface area (TPSA) is 87.0 Å². The average Bonchev–Trinajstić information content (AvgIpc) is 3.14. The molecule has 2 N–H and O–H groups in total. The SMILES string of the molecule is Cc1cc(C[C@@H]2CN(C(=O)Cn3cccn3)C[C@H]2O)n[nH]1. The van der Waals surface area contributed by atoms with Gasteiger partial charge in [-0.1, -0.05) is 0 Å². The number of nitrogens with one attached hydrogen (secondary N) is 1. The van der Waals surface area contributed by atoms with E-state index in [1.54, 1.807) is 28.0 Å². The van der Waals surface area contributed by atoms with Crippen molar-refractivity contribution in [3.63, 3.8) is 0 Å². The molecule has 0 spiro atoms. The minimum atomic E-state index is -0.497. The Bertz CT molecular complexity index is 607. The molecule has 1 fully saturated rings. The highest BCUT2D eigenvalue weighted by Gasteiger charge is 2.34. The molecule has 0 radical (unpaired) electrons. The van der Waals surface area contributed by atoms with Crippen LogP contribution in [0.1, 0.15) is 11.4 Å². The number of carbonyl (C=O) groups is 1. The molecule has 2 aromatic heterocycles. The van der Waals surface area contributed by atoms with Gasteiger partial charge in [-0.3, -0.25) is 14.6 Å². The predicted molar refractivity (Wildman–Crippen MR) is 75.3 cm³/mol. The first-order valence-corrected chi connectivity index (χ1v) is 7.06. The fourth-order valence-electron chi connectivity index (χ4n) is 2.74. The van der Waals surface area contributed by atoms with E-state index in [1.807, 2.05) is 13.0 Å². The van der Waals surface area contributed by atoms with Crippen LogP contribution < -0.4 is 0 Å². The summed E-state index contributed by atoms with van der Waals surface area (Å²) in [5.74, 6) is 0.0210. The molecule has 0 aliphatic carbocycles. The zero-order valence-electron chi connectivity index (χ0n) is 11.9. The molecular formula is C14H19N5O2. The fraction of sp³-hybridized carbons (Fsp3) is 0.500. The van der Waals surface area contributed by atoms with Crippen LogP contribution in [0.25, 0.3) is 0 Å². The number of aryl methyl sites for hydroxylation is 1. The Balaban J connectivity index is 1.58. The van der Waals surface area contributed by atoms with Crippen molar-refractivity contribution in [3.8, 4) is 0 Å². The Labute approximate surface area is 122 Å². The smallest absolute Gasteiger partial charge is 0.244 e. The van der Waals surface area contributed by atoms with Gasteiger partial charge in [0.05, 0.1) is 11.8 Å². The molecule has 112 valence electrons. The minimum absolute atomic E-state index is 0.0153. The van der Waals surface area contributed by atoms with Crippen LogP contribution in [0.3, 0.4) is 0 Å². The average molecular weight is 289 g/mol. The van der Waals surface area contributed by atoms with E-state index in [4.69, 9.17) is 0 Å². The molecule has 0 bridgehead atoms. The van der Waals surface area contributed by atoms with Crippen LogP contribution in [0.5, 0.6) is 0 Å². The van der Waals surface area contributed by atoms with Crippen molar-refractivity contribution in [2.24, 2.45) is 5.92 Å². The van der Waals surface area contributed by atoms with Crippen molar-refractivity contribution in [3.05, 3.63) is 35.9 Å². The van der Waals surface area contributed by atoms with E-state index in [2.05, 4.69) is 15.3 Å². The van der Waals surface area contributed by atoms with Gasteiger partial charge < -0.3 is 10.0 Å². The first-order valence-electron chi connectivity index (χ1n) is 7.06. The third-order valence-electron chi connectivity index (χ3n) is 3.85. The monoisotopic (exact) mass is 289 g/mol. The van der Waals surface area contributed by atoms with Crippen LogP contribution in [0.4, 0.5) is 0 Å². The number of aromatic amines is 1. The third kappa shape index (κ3) is 3.13. The summed E-state index contributed by atoms with van der Waals surface area (Å²) in [5, 5.41) is 21.3. The molecule has 0 aromatic carbocycles. The Morgan fingerprint density at radius 3 is 3.05 bits per heavy atom. The number of hydrogen-bond donors (Lipinski definition) is 2. The Kier molecular flexibility index (Phi) is 3.74. The van der Waals surface area contributed by atoms with Crippen molar-refractivity contribution in [2.45, 2.75) is 26.0 Å². The van der Waals surface area contributed by atoms with Gasteiger partial charge >= 0.3 is 0 Å². The number of aromatic nitrogens is 4. The maximum atomic E-state index is 12.2. The highest BCUT2D eigenvalue weighted by Crippen LogP contribution is 2.21. The van der Waals surface area contributed by atoms with Crippen LogP contribution in [0, 0.1) is 12.8 Å². The molecule has 1 aliphatic rings. The zero-order chi connectivity index (χ0) is 14.8. The van der Waals surface area contributed by atoms with Gasteiger partial charge in [0.1, 0.15) is 6.54 Å². The van der Waals surface area contributed by atoms with Crippen LogP contribution in [0.15, 0.2) is 24.5 Å². The maximum absolute atomic E-state index is 12.2. The first kappa shape index (κ1) is 13.8. The lowest BCUT2D eigenvalue weighted by atomic mass is 10.0. The van der Waals surface area contributed by atoms with Crippen LogP contribution >= 0.6 is 0 Å². The van der Waals surface area contributed by atoms with Gasteiger partial charge in [0.15, 0.2) is 0 Å². The number of rotatable bonds is 4. The largest absolute Gasteiger partial charge is 0.391 e. The molecule has 1 amide bonds. The molecule has 0 saturated carbocycles. The highest BCUT2D eigenvalue weighted by atomic mass is 16.3. The van der Waals surface area contributed by atoms with Crippen molar-refractivity contribution >= 4 is 5.91 Å². The molecule has 7 heteroatoms. The number of likely N-dealkylation sites (tertiary alicyclic amines) is 1. The van der Waals surface area contributed by atoms with Gasteiger partial charge in [-0.25, -0.2) is 0 Å². The van der Waals surface area contributed by atoms with Gasteiger partial charge in [-0.15, -0.1) is 0 Å². The Hall–Kier alpha value is -2.15. The zero-order valence-corrected chi connectivity index (χ0v) is 11.9. The van der Waals surface area contributed by atoms with Crippen molar-refractivity contribution in [1.29, 1.82) is 0 Å². The minimum Gasteiger partial charge on any atom is -0.391 e. The maximum Gasteiger partial charge on any atom is 0.244 e. The van der Waals surface area contributed by atoms with E-state index in [1.165, 1.54) is 0 Å². The van der Waals surface area contributed by atoms with E-state index in [0.29, 0.717) is 19.5 Å². The Morgan fingerprint density at radius 1 is 1.52 bits per heavy atom. The second-order valence-electron chi connectivity index (χ2n) is 5.58.